The van der Waals surface area contributed by atoms with Crippen LogP contribution in [0.4, 0.5) is 0 Å². The number of rotatable bonds is 2. The van der Waals surface area contributed by atoms with Crippen LogP contribution < -0.4 is 0 Å². The second-order valence-corrected chi connectivity index (χ2v) is 5.09. The van der Waals surface area contributed by atoms with E-state index in [1.165, 1.54) is 6.20 Å². The molecule has 14 heavy (non-hydrogen) atoms. The van der Waals surface area contributed by atoms with E-state index in [0.29, 0.717) is 12.3 Å². The second-order valence-electron chi connectivity index (χ2n) is 3.18. The molecule has 0 saturated carbocycles. The molecule has 0 amide bonds. The quantitative estimate of drug-likeness (QED) is 0.664. The number of nitrogens with zero attached hydrogens (tertiary/aromatic N) is 2. The largest absolute Gasteiger partial charge is 0.372 e. The first-order valence-electron chi connectivity index (χ1n) is 4.22. The molecular formula is C8H10N2O3S. The zero-order valence-corrected chi connectivity index (χ0v) is 8.49. The molecule has 1 aromatic heterocycles. The number of ether oxygens (including phenoxy) is 1. The molecule has 1 unspecified atom stereocenters. The van der Waals surface area contributed by atoms with Gasteiger partial charge in [-0.25, -0.2) is 18.4 Å². The Kier molecular flexibility index (Phi) is 2.24. The fourth-order valence-electron chi connectivity index (χ4n) is 1.18. The maximum atomic E-state index is 11.1. The Morgan fingerprint density at radius 3 is 2.79 bits per heavy atom. The summed E-state index contributed by atoms with van der Waals surface area (Å²) in [6.45, 7) is 0.711. The molecule has 0 radical (unpaired) electrons. The van der Waals surface area contributed by atoms with Crippen molar-refractivity contribution in [1.82, 2.24) is 9.97 Å². The van der Waals surface area contributed by atoms with Crippen LogP contribution in [0.2, 0.25) is 0 Å². The van der Waals surface area contributed by atoms with Crippen molar-refractivity contribution in [3.05, 3.63) is 18.0 Å². The van der Waals surface area contributed by atoms with Crippen LogP contribution in [0.3, 0.4) is 0 Å². The third kappa shape index (κ3) is 1.76. The zero-order valence-electron chi connectivity index (χ0n) is 7.67. The minimum atomic E-state index is -3.32. The molecule has 6 heteroatoms. The Morgan fingerprint density at radius 2 is 2.29 bits per heavy atom. The highest BCUT2D eigenvalue weighted by atomic mass is 32.2. The van der Waals surface area contributed by atoms with Crippen LogP contribution in [-0.4, -0.2) is 31.2 Å². The molecule has 1 aliphatic rings. The van der Waals surface area contributed by atoms with E-state index in [-0.39, 0.29) is 11.3 Å². The van der Waals surface area contributed by atoms with Gasteiger partial charge in [-0.1, -0.05) is 0 Å². The summed E-state index contributed by atoms with van der Waals surface area (Å²) < 4.78 is 27.5. The van der Waals surface area contributed by atoms with Gasteiger partial charge in [0.05, 0.1) is 12.3 Å². The summed E-state index contributed by atoms with van der Waals surface area (Å²) in [6.07, 6.45) is 3.37. The van der Waals surface area contributed by atoms with E-state index >= 15 is 0 Å². The van der Waals surface area contributed by atoms with Crippen molar-refractivity contribution in [2.75, 3.05) is 12.9 Å². The first-order chi connectivity index (χ1) is 6.57. The number of sulfone groups is 1. The lowest BCUT2D eigenvalue weighted by Gasteiger charge is -2.25. The molecule has 0 aliphatic carbocycles. The van der Waals surface area contributed by atoms with Crippen LogP contribution in [-0.2, 0) is 14.6 Å². The summed E-state index contributed by atoms with van der Waals surface area (Å²) in [4.78, 5) is 7.64. The Bertz CT molecular complexity index is 440. The predicted molar refractivity (Wildman–Crippen MR) is 48.5 cm³/mol. The molecule has 5 nitrogen and oxygen atoms in total. The molecule has 0 N–H and O–H groups in total. The molecule has 1 saturated heterocycles. The lowest BCUT2D eigenvalue weighted by molar-refractivity contribution is -0.0556. The highest BCUT2D eigenvalue weighted by Gasteiger charge is 2.23. The molecule has 76 valence electrons. The van der Waals surface area contributed by atoms with Gasteiger partial charge in [0.1, 0.15) is 6.10 Å². The van der Waals surface area contributed by atoms with Crippen LogP contribution in [0.15, 0.2) is 17.4 Å². The Morgan fingerprint density at radius 1 is 1.57 bits per heavy atom. The molecule has 1 fully saturated rings. The molecule has 1 aliphatic heterocycles. The van der Waals surface area contributed by atoms with Gasteiger partial charge in [0.15, 0.2) is 0 Å². The zero-order chi connectivity index (χ0) is 10.2. The van der Waals surface area contributed by atoms with E-state index in [0.717, 1.165) is 12.7 Å². The van der Waals surface area contributed by atoms with Crippen molar-refractivity contribution in [2.45, 2.75) is 17.7 Å². The molecule has 1 atom stereocenters. The highest BCUT2D eigenvalue weighted by Crippen LogP contribution is 2.27. The summed E-state index contributed by atoms with van der Waals surface area (Å²) in [5, 5.41) is -0.134. The SMILES string of the molecule is CS(=O)(=O)c1nccc(C2CCO2)n1. The van der Waals surface area contributed by atoms with Gasteiger partial charge in [-0.2, -0.15) is 0 Å². The lowest BCUT2D eigenvalue weighted by atomic mass is 10.1. The second kappa shape index (κ2) is 3.29. The van der Waals surface area contributed by atoms with Gasteiger partial charge >= 0.3 is 0 Å². The Hall–Kier alpha value is -1.01. The van der Waals surface area contributed by atoms with Gasteiger partial charge < -0.3 is 4.74 Å². The predicted octanol–water partition coefficient (Wildman–Crippen LogP) is 0.342. The average Bonchev–Trinajstić information content (AvgIpc) is 2.00. The van der Waals surface area contributed by atoms with Gasteiger partial charge in [0.2, 0.25) is 15.0 Å². The van der Waals surface area contributed by atoms with E-state index in [9.17, 15) is 8.42 Å². The van der Waals surface area contributed by atoms with Gasteiger partial charge in [-0.3, -0.25) is 0 Å². The molecule has 1 aromatic rings. The van der Waals surface area contributed by atoms with Crippen molar-refractivity contribution >= 4 is 9.84 Å². The fourth-order valence-corrected chi connectivity index (χ4v) is 1.70. The highest BCUT2D eigenvalue weighted by molar-refractivity contribution is 7.90. The molecule has 0 bridgehead atoms. The van der Waals surface area contributed by atoms with Crippen LogP contribution in [0.25, 0.3) is 0 Å². The number of hydrogen-bond acceptors (Lipinski definition) is 5. The van der Waals surface area contributed by atoms with E-state index in [1.54, 1.807) is 6.07 Å². The molecule has 2 rings (SSSR count). The first-order valence-corrected chi connectivity index (χ1v) is 6.11. The summed E-state index contributed by atoms with van der Waals surface area (Å²) in [5.41, 5.74) is 0.645. The monoisotopic (exact) mass is 214 g/mol. The molecule has 0 spiro atoms. The van der Waals surface area contributed by atoms with Crippen LogP contribution >= 0.6 is 0 Å². The van der Waals surface area contributed by atoms with Gasteiger partial charge in [0.25, 0.3) is 0 Å². The summed E-state index contributed by atoms with van der Waals surface area (Å²) in [7, 11) is -3.32. The van der Waals surface area contributed by atoms with E-state index in [2.05, 4.69) is 9.97 Å². The number of aromatic nitrogens is 2. The maximum absolute atomic E-state index is 11.1. The minimum Gasteiger partial charge on any atom is -0.372 e. The van der Waals surface area contributed by atoms with Crippen LogP contribution in [0, 0.1) is 0 Å². The third-order valence-electron chi connectivity index (χ3n) is 2.02. The molecular weight excluding hydrogens is 204 g/mol. The van der Waals surface area contributed by atoms with Crippen molar-refractivity contribution in [1.29, 1.82) is 0 Å². The van der Waals surface area contributed by atoms with E-state index < -0.39 is 9.84 Å². The van der Waals surface area contributed by atoms with Crippen LogP contribution in [0.1, 0.15) is 18.2 Å². The Labute approximate surface area is 82.1 Å². The Balaban J connectivity index is 2.36. The topological polar surface area (TPSA) is 69.2 Å². The van der Waals surface area contributed by atoms with Gasteiger partial charge in [-0.15, -0.1) is 0 Å². The summed E-state index contributed by atoms with van der Waals surface area (Å²) in [6, 6.07) is 1.68. The van der Waals surface area contributed by atoms with E-state index in [1.807, 2.05) is 0 Å². The normalized spacial score (nSPS) is 21.6. The maximum Gasteiger partial charge on any atom is 0.247 e. The van der Waals surface area contributed by atoms with Crippen molar-refractivity contribution < 1.29 is 13.2 Å². The first kappa shape index (κ1) is 9.54. The molecule has 0 aromatic carbocycles. The lowest BCUT2D eigenvalue weighted by Crippen LogP contribution is -2.20. The summed E-state index contributed by atoms with van der Waals surface area (Å²) >= 11 is 0. The van der Waals surface area contributed by atoms with Crippen LogP contribution in [0.5, 0.6) is 0 Å². The van der Waals surface area contributed by atoms with E-state index in [4.69, 9.17) is 4.74 Å². The average molecular weight is 214 g/mol. The standard InChI is InChI=1S/C8H10N2O3S/c1-14(11,12)8-9-4-2-6(10-8)7-3-5-13-7/h2,4,7H,3,5H2,1H3. The smallest absolute Gasteiger partial charge is 0.247 e. The van der Waals surface area contributed by atoms with Crippen molar-refractivity contribution in [3.63, 3.8) is 0 Å². The van der Waals surface area contributed by atoms with Crippen molar-refractivity contribution in [3.8, 4) is 0 Å². The van der Waals surface area contributed by atoms with Gasteiger partial charge in [-0.05, 0) is 6.07 Å². The third-order valence-corrected chi connectivity index (χ3v) is 2.88. The molecule has 2 heterocycles. The van der Waals surface area contributed by atoms with Gasteiger partial charge in [0, 0.05) is 18.9 Å². The minimum absolute atomic E-state index is 0.0569. The summed E-state index contributed by atoms with van der Waals surface area (Å²) in [5.74, 6) is 0. The van der Waals surface area contributed by atoms with Crippen molar-refractivity contribution in [2.24, 2.45) is 0 Å². The fraction of sp³-hybridized carbons (Fsp3) is 0.500. The number of hydrogen-bond donors (Lipinski definition) is 0.